The number of ether oxygens (including phenoxy) is 4. The molecule has 0 aromatic heterocycles. The van der Waals surface area contributed by atoms with Gasteiger partial charge in [-0.2, -0.15) is 0 Å². The zero-order valence-corrected chi connectivity index (χ0v) is 14.5. The van der Waals surface area contributed by atoms with E-state index in [2.05, 4.69) is 0 Å². The van der Waals surface area contributed by atoms with Crippen molar-refractivity contribution in [2.24, 2.45) is 0 Å². The minimum Gasteiger partial charge on any atom is -0.480 e. The lowest BCUT2D eigenvalue weighted by atomic mass is 10.0. The highest BCUT2D eigenvalue weighted by Gasteiger charge is 2.34. The smallest absolute Gasteiger partial charge is 0.163 e. The van der Waals surface area contributed by atoms with Crippen LogP contribution in [0.3, 0.4) is 0 Å². The molecule has 2 heterocycles. The molecule has 3 atom stereocenters. The van der Waals surface area contributed by atoms with E-state index in [4.69, 9.17) is 18.9 Å². The van der Waals surface area contributed by atoms with Crippen LogP contribution in [0.15, 0.2) is 48.5 Å². The minimum atomic E-state index is -0.322. The van der Waals surface area contributed by atoms with Crippen LogP contribution in [0.1, 0.15) is 41.3 Å². The lowest BCUT2D eigenvalue weighted by molar-refractivity contribution is -0.181. The molecule has 5 nitrogen and oxygen atoms in total. The summed E-state index contributed by atoms with van der Waals surface area (Å²) in [5.74, 6) is 1.20. The van der Waals surface area contributed by atoms with E-state index in [1.807, 2.05) is 30.3 Å². The Morgan fingerprint density at radius 1 is 1.04 bits per heavy atom. The van der Waals surface area contributed by atoms with Gasteiger partial charge < -0.3 is 18.9 Å². The molecule has 2 aliphatic rings. The third-order valence-electron chi connectivity index (χ3n) is 4.69. The van der Waals surface area contributed by atoms with E-state index in [0.29, 0.717) is 23.7 Å². The Bertz CT molecular complexity index is 739. The highest BCUT2D eigenvalue weighted by molar-refractivity contribution is 5.76. The summed E-state index contributed by atoms with van der Waals surface area (Å²) in [5, 5.41) is 0. The zero-order chi connectivity index (χ0) is 17.8. The Hall–Kier alpha value is -2.37. The number of benzene rings is 2. The predicted octanol–water partition coefficient (Wildman–Crippen LogP) is 3.92. The molecular weight excluding hydrogens is 332 g/mol. The van der Waals surface area contributed by atoms with Crippen LogP contribution < -0.4 is 9.47 Å². The van der Waals surface area contributed by atoms with Crippen LogP contribution >= 0.6 is 0 Å². The van der Waals surface area contributed by atoms with Crippen molar-refractivity contribution in [3.63, 3.8) is 0 Å². The number of carbonyl (C=O) groups is 1. The fourth-order valence-corrected chi connectivity index (χ4v) is 3.32. The highest BCUT2D eigenvalue weighted by atomic mass is 16.7. The molecule has 1 fully saturated rings. The van der Waals surface area contributed by atoms with Crippen molar-refractivity contribution >= 4 is 6.29 Å². The highest BCUT2D eigenvalue weighted by Crippen LogP contribution is 2.40. The monoisotopic (exact) mass is 354 g/mol. The van der Waals surface area contributed by atoms with Crippen LogP contribution in [0, 0.1) is 0 Å². The maximum atomic E-state index is 11.1. The Kier molecular flexibility index (Phi) is 5.18. The van der Waals surface area contributed by atoms with Crippen LogP contribution in [0.25, 0.3) is 0 Å². The standard InChI is InChI=1S/C21H22O5/c22-13-15-9-10-17-18(12-15)25-19(14-24-20-8-4-5-11-23-20)21(26-17)16-6-2-1-3-7-16/h1-3,6-7,9-10,12-13,19-21H,4-5,8,11,14H2/t19-,20?,21-/m1/s1. The lowest BCUT2D eigenvalue weighted by Gasteiger charge is -2.35. The summed E-state index contributed by atoms with van der Waals surface area (Å²) < 4.78 is 24.0. The third kappa shape index (κ3) is 3.74. The van der Waals surface area contributed by atoms with Gasteiger partial charge in [0.15, 0.2) is 30.0 Å². The first-order chi connectivity index (χ1) is 12.8. The number of hydrogen-bond acceptors (Lipinski definition) is 5. The first-order valence-corrected chi connectivity index (χ1v) is 9.04. The van der Waals surface area contributed by atoms with Crippen LogP contribution in [0.2, 0.25) is 0 Å². The molecule has 0 saturated carbocycles. The molecule has 0 N–H and O–H groups in total. The molecule has 0 bridgehead atoms. The van der Waals surface area contributed by atoms with Gasteiger partial charge in [-0.15, -0.1) is 0 Å². The van der Waals surface area contributed by atoms with Crippen molar-refractivity contribution in [2.45, 2.75) is 37.8 Å². The van der Waals surface area contributed by atoms with Gasteiger partial charge in [-0.3, -0.25) is 4.79 Å². The van der Waals surface area contributed by atoms with E-state index in [0.717, 1.165) is 37.7 Å². The number of aldehydes is 1. The molecule has 0 spiro atoms. The average Bonchev–Trinajstić information content (AvgIpc) is 2.72. The molecule has 4 rings (SSSR count). The van der Waals surface area contributed by atoms with E-state index in [1.165, 1.54) is 0 Å². The maximum Gasteiger partial charge on any atom is 0.163 e. The van der Waals surface area contributed by atoms with E-state index in [9.17, 15) is 4.79 Å². The first-order valence-electron chi connectivity index (χ1n) is 9.04. The van der Waals surface area contributed by atoms with Gasteiger partial charge in [-0.25, -0.2) is 0 Å². The van der Waals surface area contributed by atoms with Gasteiger partial charge in [-0.1, -0.05) is 30.3 Å². The normalized spacial score (nSPS) is 24.8. The van der Waals surface area contributed by atoms with Crippen molar-refractivity contribution < 1.29 is 23.7 Å². The molecule has 2 aliphatic heterocycles. The Labute approximate surface area is 152 Å². The quantitative estimate of drug-likeness (QED) is 0.762. The molecule has 5 heteroatoms. The summed E-state index contributed by atoms with van der Waals surface area (Å²) in [6.07, 6.45) is 3.10. The van der Waals surface area contributed by atoms with E-state index >= 15 is 0 Å². The molecule has 2 aromatic rings. The van der Waals surface area contributed by atoms with Crippen LogP contribution in [-0.2, 0) is 9.47 Å². The number of rotatable bonds is 5. The second kappa shape index (κ2) is 7.89. The molecule has 0 aliphatic carbocycles. The molecular formula is C21H22O5. The lowest BCUT2D eigenvalue weighted by Crippen LogP contribution is -2.38. The molecule has 0 radical (unpaired) electrons. The summed E-state index contributed by atoms with van der Waals surface area (Å²) >= 11 is 0. The van der Waals surface area contributed by atoms with Crippen molar-refractivity contribution in [1.29, 1.82) is 0 Å². The Balaban J connectivity index is 1.55. The van der Waals surface area contributed by atoms with Gasteiger partial charge in [0, 0.05) is 12.2 Å². The summed E-state index contributed by atoms with van der Waals surface area (Å²) in [4.78, 5) is 11.1. The number of hydrogen-bond donors (Lipinski definition) is 0. The van der Waals surface area contributed by atoms with E-state index in [1.54, 1.807) is 18.2 Å². The maximum absolute atomic E-state index is 11.1. The first kappa shape index (κ1) is 17.1. The zero-order valence-electron chi connectivity index (χ0n) is 14.5. The third-order valence-corrected chi connectivity index (χ3v) is 4.69. The number of fused-ring (bicyclic) bond motifs is 1. The fourth-order valence-electron chi connectivity index (χ4n) is 3.32. The second-order valence-corrected chi connectivity index (χ2v) is 6.56. The molecule has 136 valence electrons. The molecule has 1 unspecified atom stereocenters. The fraction of sp³-hybridized carbons (Fsp3) is 0.381. The van der Waals surface area contributed by atoms with Crippen molar-refractivity contribution in [1.82, 2.24) is 0 Å². The van der Waals surface area contributed by atoms with E-state index < -0.39 is 0 Å². The van der Waals surface area contributed by atoms with Gasteiger partial charge in [0.2, 0.25) is 0 Å². The largest absolute Gasteiger partial charge is 0.480 e. The summed E-state index contributed by atoms with van der Waals surface area (Å²) in [6, 6.07) is 15.2. The van der Waals surface area contributed by atoms with Crippen LogP contribution in [0.5, 0.6) is 11.5 Å². The van der Waals surface area contributed by atoms with Gasteiger partial charge in [0.05, 0.1) is 6.61 Å². The van der Waals surface area contributed by atoms with Crippen LogP contribution in [0.4, 0.5) is 0 Å². The SMILES string of the molecule is O=Cc1ccc2c(c1)O[C@H](COC1CCCCO1)[C@@H](c1ccccc1)O2. The molecule has 26 heavy (non-hydrogen) atoms. The average molecular weight is 354 g/mol. The Morgan fingerprint density at radius 2 is 1.92 bits per heavy atom. The number of carbonyl (C=O) groups excluding carboxylic acids is 1. The van der Waals surface area contributed by atoms with Gasteiger partial charge in [0.1, 0.15) is 6.29 Å². The summed E-state index contributed by atoms with van der Waals surface area (Å²) in [7, 11) is 0. The van der Waals surface area contributed by atoms with Gasteiger partial charge in [-0.05, 0) is 43.0 Å². The van der Waals surface area contributed by atoms with Crippen molar-refractivity contribution in [2.75, 3.05) is 13.2 Å². The second-order valence-electron chi connectivity index (χ2n) is 6.56. The summed E-state index contributed by atoms with van der Waals surface area (Å²) in [5.41, 5.74) is 1.58. The van der Waals surface area contributed by atoms with Gasteiger partial charge in [0.25, 0.3) is 0 Å². The van der Waals surface area contributed by atoms with Crippen molar-refractivity contribution in [3.05, 3.63) is 59.7 Å². The van der Waals surface area contributed by atoms with Crippen LogP contribution in [-0.4, -0.2) is 31.9 Å². The molecule has 1 saturated heterocycles. The summed E-state index contributed by atoms with van der Waals surface area (Å²) in [6.45, 7) is 1.09. The topological polar surface area (TPSA) is 54.0 Å². The Morgan fingerprint density at radius 3 is 2.69 bits per heavy atom. The van der Waals surface area contributed by atoms with Gasteiger partial charge >= 0.3 is 0 Å². The minimum absolute atomic E-state index is 0.188. The molecule has 2 aromatic carbocycles. The van der Waals surface area contributed by atoms with E-state index in [-0.39, 0.29) is 18.5 Å². The predicted molar refractivity (Wildman–Crippen MR) is 95.6 cm³/mol. The van der Waals surface area contributed by atoms with Crippen molar-refractivity contribution in [3.8, 4) is 11.5 Å². The molecule has 0 amide bonds.